The Kier molecular flexibility index (Phi) is 3.79. The van der Waals surface area contributed by atoms with E-state index in [-0.39, 0.29) is 12.5 Å². The lowest BCUT2D eigenvalue weighted by atomic mass is 10.1. The van der Waals surface area contributed by atoms with E-state index >= 15 is 0 Å². The van der Waals surface area contributed by atoms with Crippen molar-refractivity contribution in [1.29, 1.82) is 0 Å². The zero-order chi connectivity index (χ0) is 15.9. The molecule has 0 saturated carbocycles. The molecule has 0 aliphatic carbocycles. The summed E-state index contributed by atoms with van der Waals surface area (Å²) in [6, 6.07) is 1.80. The number of aromatic nitrogens is 2. The number of thiophene rings is 1. The van der Waals surface area contributed by atoms with Gasteiger partial charge in [-0.25, -0.2) is 0 Å². The maximum Gasteiger partial charge on any atom is 0.323 e. The summed E-state index contributed by atoms with van der Waals surface area (Å²) in [5.41, 5.74) is 0.308. The highest BCUT2D eigenvalue weighted by Gasteiger charge is 2.30. The van der Waals surface area contributed by atoms with Crippen LogP contribution in [0, 0.1) is 6.92 Å². The van der Waals surface area contributed by atoms with Gasteiger partial charge in [-0.15, -0.1) is 11.3 Å². The van der Waals surface area contributed by atoms with E-state index in [0.717, 1.165) is 15.9 Å². The standard InChI is InChI=1S/C14H19N3O3S/c1-8-9-6-10(21-13(9)16(5)15-8)12(20)17(7-11(18)19)14(2,3)4/h6H,7H2,1-5H3,(H,18,19). The van der Waals surface area contributed by atoms with Gasteiger partial charge < -0.3 is 10.0 Å². The lowest BCUT2D eigenvalue weighted by Crippen LogP contribution is -2.48. The van der Waals surface area contributed by atoms with Crippen LogP contribution < -0.4 is 0 Å². The van der Waals surface area contributed by atoms with Gasteiger partial charge in [-0.2, -0.15) is 5.10 Å². The van der Waals surface area contributed by atoms with E-state index in [1.54, 1.807) is 10.7 Å². The third-order valence-corrected chi connectivity index (χ3v) is 4.45. The van der Waals surface area contributed by atoms with Crippen LogP contribution in [0.5, 0.6) is 0 Å². The van der Waals surface area contributed by atoms with E-state index in [1.807, 2.05) is 34.7 Å². The molecule has 0 aromatic carbocycles. The van der Waals surface area contributed by atoms with Crippen LogP contribution in [-0.4, -0.2) is 43.7 Å². The highest BCUT2D eigenvalue weighted by molar-refractivity contribution is 7.20. The van der Waals surface area contributed by atoms with Crippen molar-refractivity contribution >= 4 is 33.4 Å². The molecule has 2 aromatic rings. The summed E-state index contributed by atoms with van der Waals surface area (Å²) in [5.74, 6) is -1.28. The van der Waals surface area contributed by atoms with Crippen LogP contribution >= 0.6 is 11.3 Å². The Hall–Kier alpha value is -1.89. The average Bonchev–Trinajstić information content (AvgIpc) is 2.87. The first-order valence-electron chi connectivity index (χ1n) is 6.58. The summed E-state index contributed by atoms with van der Waals surface area (Å²) in [4.78, 5) is 26.5. The van der Waals surface area contributed by atoms with E-state index in [1.165, 1.54) is 16.2 Å². The summed E-state index contributed by atoms with van der Waals surface area (Å²) < 4.78 is 1.74. The molecule has 21 heavy (non-hydrogen) atoms. The first kappa shape index (κ1) is 15.5. The maximum atomic E-state index is 12.7. The third-order valence-electron chi connectivity index (χ3n) is 3.26. The third kappa shape index (κ3) is 2.92. The van der Waals surface area contributed by atoms with Crippen LogP contribution in [0.1, 0.15) is 36.1 Å². The van der Waals surface area contributed by atoms with Crippen molar-refractivity contribution in [3.05, 3.63) is 16.6 Å². The van der Waals surface area contributed by atoms with Gasteiger partial charge in [-0.3, -0.25) is 14.3 Å². The van der Waals surface area contributed by atoms with Crippen molar-refractivity contribution in [2.24, 2.45) is 7.05 Å². The molecular weight excluding hydrogens is 290 g/mol. The molecule has 0 spiro atoms. The molecule has 2 heterocycles. The lowest BCUT2D eigenvalue weighted by molar-refractivity contribution is -0.138. The molecule has 1 amide bonds. The van der Waals surface area contributed by atoms with Gasteiger partial charge in [0.25, 0.3) is 5.91 Å². The van der Waals surface area contributed by atoms with Gasteiger partial charge in [0, 0.05) is 18.0 Å². The van der Waals surface area contributed by atoms with E-state index in [0.29, 0.717) is 4.88 Å². The van der Waals surface area contributed by atoms with Crippen LogP contribution in [0.15, 0.2) is 6.07 Å². The molecule has 1 N–H and O–H groups in total. The number of nitrogens with zero attached hydrogens (tertiary/aromatic N) is 3. The smallest absolute Gasteiger partial charge is 0.323 e. The van der Waals surface area contributed by atoms with E-state index < -0.39 is 11.5 Å². The molecule has 0 fully saturated rings. The normalized spacial score (nSPS) is 11.9. The minimum Gasteiger partial charge on any atom is -0.480 e. The molecule has 2 rings (SSSR count). The van der Waals surface area contributed by atoms with Crippen molar-refractivity contribution in [1.82, 2.24) is 14.7 Å². The quantitative estimate of drug-likeness (QED) is 0.943. The first-order chi connectivity index (χ1) is 9.61. The summed E-state index contributed by atoms with van der Waals surface area (Å²) in [7, 11) is 1.83. The molecule has 7 heteroatoms. The van der Waals surface area contributed by atoms with Gasteiger partial charge in [0.1, 0.15) is 11.4 Å². The zero-order valence-electron chi connectivity index (χ0n) is 12.8. The highest BCUT2D eigenvalue weighted by Crippen LogP contribution is 2.29. The predicted molar refractivity (Wildman–Crippen MR) is 81.8 cm³/mol. The Morgan fingerprint density at radius 3 is 2.52 bits per heavy atom. The van der Waals surface area contributed by atoms with E-state index in [4.69, 9.17) is 5.11 Å². The number of amides is 1. The lowest BCUT2D eigenvalue weighted by Gasteiger charge is -2.34. The molecule has 0 unspecified atom stereocenters. The number of rotatable bonds is 3. The second-order valence-corrected chi connectivity index (χ2v) is 7.03. The Morgan fingerprint density at radius 1 is 1.43 bits per heavy atom. The summed E-state index contributed by atoms with van der Waals surface area (Å²) >= 11 is 1.34. The monoisotopic (exact) mass is 309 g/mol. The maximum absolute atomic E-state index is 12.7. The van der Waals surface area contributed by atoms with Crippen molar-refractivity contribution in [3.63, 3.8) is 0 Å². The number of fused-ring (bicyclic) bond motifs is 1. The number of hydrogen-bond donors (Lipinski definition) is 1. The Morgan fingerprint density at radius 2 is 2.05 bits per heavy atom. The second-order valence-electron chi connectivity index (χ2n) is 5.99. The molecule has 6 nitrogen and oxygen atoms in total. The molecule has 2 aromatic heterocycles. The number of aliphatic carboxylic acids is 1. The van der Waals surface area contributed by atoms with Crippen molar-refractivity contribution in [2.75, 3.05) is 6.54 Å². The predicted octanol–water partition coefficient (Wildman–Crippen LogP) is 2.27. The number of carboxylic acid groups (broad SMARTS) is 1. The first-order valence-corrected chi connectivity index (χ1v) is 7.40. The molecular formula is C14H19N3O3S. The van der Waals surface area contributed by atoms with Gasteiger partial charge >= 0.3 is 5.97 Å². The number of carbonyl (C=O) groups excluding carboxylic acids is 1. The molecule has 0 saturated heterocycles. The van der Waals surface area contributed by atoms with Gasteiger partial charge in [-0.1, -0.05) is 0 Å². The zero-order valence-corrected chi connectivity index (χ0v) is 13.6. The van der Waals surface area contributed by atoms with Gasteiger partial charge in [0.2, 0.25) is 0 Å². The van der Waals surface area contributed by atoms with Crippen LogP contribution in [-0.2, 0) is 11.8 Å². The summed E-state index contributed by atoms with van der Waals surface area (Å²) in [6.45, 7) is 7.06. The average molecular weight is 309 g/mol. The van der Waals surface area contributed by atoms with Crippen molar-refractivity contribution < 1.29 is 14.7 Å². The minimum absolute atomic E-state index is 0.259. The SMILES string of the molecule is Cc1nn(C)c2sc(C(=O)N(CC(=O)O)C(C)(C)C)cc12. The summed E-state index contributed by atoms with van der Waals surface area (Å²) in [6.07, 6.45) is 0. The number of hydrogen-bond acceptors (Lipinski definition) is 4. The van der Waals surface area contributed by atoms with E-state index in [2.05, 4.69) is 5.10 Å². The topological polar surface area (TPSA) is 75.4 Å². The fraction of sp³-hybridized carbons (Fsp3) is 0.500. The van der Waals surface area contributed by atoms with Crippen LogP contribution in [0.3, 0.4) is 0 Å². The fourth-order valence-corrected chi connectivity index (χ4v) is 3.26. The fourth-order valence-electron chi connectivity index (χ4n) is 2.19. The Balaban J connectivity index is 2.43. The molecule has 0 aliphatic rings. The van der Waals surface area contributed by atoms with E-state index in [9.17, 15) is 9.59 Å². The van der Waals surface area contributed by atoms with Crippen molar-refractivity contribution in [2.45, 2.75) is 33.2 Å². The number of carbonyl (C=O) groups is 2. The second kappa shape index (κ2) is 5.14. The van der Waals surface area contributed by atoms with Gasteiger partial charge in [-0.05, 0) is 33.8 Å². The number of carboxylic acids is 1. The Labute approximate surface area is 127 Å². The van der Waals surface area contributed by atoms with Crippen LogP contribution in [0.25, 0.3) is 10.2 Å². The Bertz CT molecular complexity index is 674. The van der Waals surface area contributed by atoms with Crippen LogP contribution in [0.4, 0.5) is 0 Å². The molecule has 0 radical (unpaired) electrons. The van der Waals surface area contributed by atoms with Crippen LogP contribution in [0.2, 0.25) is 0 Å². The minimum atomic E-state index is -1.02. The van der Waals surface area contributed by atoms with Gasteiger partial charge in [0.15, 0.2) is 0 Å². The molecule has 0 aliphatic heterocycles. The van der Waals surface area contributed by atoms with Gasteiger partial charge in [0.05, 0.1) is 10.6 Å². The molecule has 114 valence electrons. The molecule has 0 bridgehead atoms. The highest BCUT2D eigenvalue weighted by atomic mass is 32.1. The van der Waals surface area contributed by atoms with Crippen molar-refractivity contribution in [3.8, 4) is 0 Å². The largest absolute Gasteiger partial charge is 0.480 e. The molecule has 0 atom stereocenters. The summed E-state index contributed by atoms with van der Waals surface area (Å²) in [5, 5.41) is 14.3. The number of aryl methyl sites for hydroxylation is 2.